The van der Waals surface area contributed by atoms with Crippen LogP contribution in [0.3, 0.4) is 0 Å². The molecule has 1 aromatic heterocycles. The smallest absolute Gasteiger partial charge is 0.321 e. The number of carbonyl (C=O) groups is 2. The Morgan fingerprint density at radius 2 is 1.88 bits per heavy atom. The van der Waals surface area contributed by atoms with E-state index < -0.39 is 0 Å². The van der Waals surface area contributed by atoms with Crippen LogP contribution in [-0.2, 0) is 4.79 Å². The number of nitrogens with zero attached hydrogens (tertiary/aromatic N) is 4. The molecule has 7 nitrogen and oxygen atoms in total. The average molecular weight is 345 g/mol. The summed E-state index contributed by atoms with van der Waals surface area (Å²) in [7, 11) is 1.83. The summed E-state index contributed by atoms with van der Waals surface area (Å²) in [5, 5.41) is 3.03. The molecule has 1 N–H and O–H groups in total. The molecule has 3 rings (SSSR count). The maximum absolute atomic E-state index is 12.6. The maximum atomic E-state index is 12.6. The van der Waals surface area contributed by atoms with Crippen LogP contribution in [0.5, 0.6) is 0 Å². The van der Waals surface area contributed by atoms with Gasteiger partial charge in [0.1, 0.15) is 0 Å². The summed E-state index contributed by atoms with van der Waals surface area (Å²) in [5.74, 6) is 0.938. The number of amides is 3. The Labute approximate surface area is 149 Å². The molecule has 0 radical (unpaired) electrons. The number of aromatic nitrogens is 1. The molecular weight excluding hydrogens is 318 g/mol. The Bertz CT molecular complexity index is 622. The van der Waals surface area contributed by atoms with E-state index in [4.69, 9.17) is 0 Å². The SMILES string of the molecule is CC(=O)N(C)C1CCN(C(=O)Nc2cccnc2N2CCCC2)CC1. The molecular formula is C18H27N5O2. The van der Waals surface area contributed by atoms with Gasteiger partial charge in [-0.15, -0.1) is 0 Å². The summed E-state index contributed by atoms with van der Waals surface area (Å²) in [5.41, 5.74) is 0.775. The van der Waals surface area contributed by atoms with E-state index in [1.165, 1.54) is 12.8 Å². The highest BCUT2D eigenvalue weighted by Gasteiger charge is 2.27. The van der Waals surface area contributed by atoms with E-state index in [1.54, 1.807) is 18.0 Å². The van der Waals surface area contributed by atoms with Gasteiger partial charge in [-0.2, -0.15) is 0 Å². The second-order valence-electron chi connectivity index (χ2n) is 6.85. The molecule has 2 fully saturated rings. The van der Waals surface area contributed by atoms with E-state index in [0.29, 0.717) is 13.1 Å². The lowest BCUT2D eigenvalue weighted by Crippen LogP contribution is -2.48. The fourth-order valence-corrected chi connectivity index (χ4v) is 3.58. The predicted molar refractivity (Wildman–Crippen MR) is 97.7 cm³/mol. The topological polar surface area (TPSA) is 68.8 Å². The first kappa shape index (κ1) is 17.5. The van der Waals surface area contributed by atoms with Crippen LogP contribution in [0.25, 0.3) is 0 Å². The highest BCUT2D eigenvalue weighted by atomic mass is 16.2. The molecule has 3 amide bonds. The van der Waals surface area contributed by atoms with Crippen LogP contribution in [0, 0.1) is 0 Å². The third-order valence-corrected chi connectivity index (χ3v) is 5.23. The number of anilines is 2. The number of nitrogens with one attached hydrogen (secondary N) is 1. The molecule has 0 saturated carbocycles. The molecule has 0 aromatic carbocycles. The molecule has 2 aliphatic heterocycles. The number of pyridine rings is 1. The first-order valence-electron chi connectivity index (χ1n) is 9.05. The van der Waals surface area contributed by atoms with Gasteiger partial charge in [-0.25, -0.2) is 9.78 Å². The first-order valence-corrected chi connectivity index (χ1v) is 9.05. The van der Waals surface area contributed by atoms with E-state index in [-0.39, 0.29) is 18.0 Å². The number of hydrogen-bond donors (Lipinski definition) is 1. The molecule has 0 unspecified atom stereocenters. The van der Waals surface area contributed by atoms with Crippen molar-refractivity contribution >= 4 is 23.4 Å². The number of likely N-dealkylation sites (tertiary alicyclic amines) is 1. The quantitative estimate of drug-likeness (QED) is 0.911. The fourth-order valence-electron chi connectivity index (χ4n) is 3.58. The van der Waals surface area contributed by atoms with Crippen LogP contribution in [0.1, 0.15) is 32.6 Å². The molecule has 0 spiro atoms. The highest BCUT2D eigenvalue weighted by molar-refractivity contribution is 5.92. The van der Waals surface area contributed by atoms with Crippen molar-refractivity contribution in [3.63, 3.8) is 0 Å². The zero-order chi connectivity index (χ0) is 17.8. The highest BCUT2D eigenvalue weighted by Crippen LogP contribution is 2.26. The zero-order valence-electron chi connectivity index (χ0n) is 15.1. The largest absolute Gasteiger partial charge is 0.355 e. The molecule has 25 heavy (non-hydrogen) atoms. The lowest BCUT2D eigenvalue weighted by Gasteiger charge is -2.36. The second kappa shape index (κ2) is 7.72. The van der Waals surface area contributed by atoms with Crippen molar-refractivity contribution in [3.8, 4) is 0 Å². The monoisotopic (exact) mass is 345 g/mol. The van der Waals surface area contributed by atoms with Gasteiger partial charge in [-0.05, 0) is 37.8 Å². The second-order valence-corrected chi connectivity index (χ2v) is 6.85. The number of carbonyl (C=O) groups excluding carboxylic acids is 2. The number of piperidine rings is 1. The molecule has 1 aromatic rings. The van der Waals surface area contributed by atoms with Gasteiger partial charge in [-0.3, -0.25) is 4.79 Å². The van der Waals surface area contributed by atoms with Gasteiger partial charge in [0.2, 0.25) is 5.91 Å². The van der Waals surface area contributed by atoms with E-state index in [9.17, 15) is 9.59 Å². The molecule has 0 atom stereocenters. The summed E-state index contributed by atoms with van der Waals surface area (Å²) in [6.45, 7) is 4.88. The Balaban J connectivity index is 1.59. The lowest BCUT2D eigenvalue weighted by molar-refractivity contribution is -0.130. The first-order chi connectivity index (χ1) is 12.1. The number of rotatable bonds is 3. The normalized spacial score (nSPS) is 18.3. The van der Waals surface area contributed by atoms with Gasteiger partial charge in [-0.1, -0.05) is 0 Å². The van der Waals surface area contributed by atoms with Gasteiger partial charge < -0.3 is 20.0 Å². The molecule has 7 heteroatoms. The molecule has 2 aliphatic rings. The summed E-state index contributed by atoms with van der Waals surface area (Å²) in [6.07, 6.45) is 5.74. The van der Waals surface area contributed by atoms with Crippen LogP contribution in [0.4, 0.5) is 16.3 Å². The van der Waals surface area contributed by atoms with Crippen molar-refractivity contribution in [2.24, 2.45) is 0 Å². The predicted octanol–water partition coefficient (Wildman–Crippen LogP) is 2.16. The minimum atomic E-state index is -0.0858. The van der Waals surface area contributed by atoms with Crippen molar-refractivity contribution < 1.29 is 9.59 Å². The van der Waals surface area contributed by atoms with Crippen molar-refractivity contribution in [3.05, 3.63) is 18.3 Å². The van der Waals surface area contributed by atoms with Gasteiger partial charge in [0.25, 0.3) is 0 Å². The molecule has 136 valence electrons. The van der Waals surface area contributed by atoms with Crippen molar-refractivity contribution in [2.45, 2.75) is 38.6 Å². The minimum absolute atomic E-state index is 0.0773. The van der Waals surface area contributed by atoms with Gasteiger partial charge in [0, 0.05) is 52.4 Å². The van der Waals surface area contributed by atoms with E-state index in [1.807, 2.05) is 24.1 Å². The molecule has 3 heterocycles. The van der Waals surface area contributed by atoms with Gasteiger partial charge >= 0.3 is 6.03 Å². The Hall–Kier alpha value is -2.31. The summed E-state index contributed by atoms with van der Waals surface area (Å²) < 4.78 is 0. The van der Waals surface area contributed by atoms with E-state index >= 15 is 0 Å². The molecule has 2 saturated heterocycles. The Kier molecular flexibility index (Phi) is 5.40. The summed E-state index contributed by atoms with van der Waals surface area (Å²) >= 11 is 0. The van der Waals surface area contributed by atoms with Crippen molar-refractivity contribution in [1.29, 1.82) is 0 Å². The van der Waals surface area contributed by atoms with Gasteiger partial charge in [0.15, 0.2) is 5.82 Å². The minimum Gasteiger partial charge on any atom is -0.355 e. The zero-order valence-corrected chi connectivity index (χ0v) is 15.1. The van der Waals surface area contributed by atoms with Crippen LogP contribution in [0.2, 0.25) is 0 Å². The number of urea groups is 1. The van der Waals surface area contributed by atoms with Crippen molar-refractivity contribution in [1.82, 2.24) is 14.8 Å². The van der Waals surface area contributed by atoms with E-state index in [2.05, 4.69) is 15.2 Å². The van der Waals surface area contributed by atoms with Crippen molar-refractivity contribution in [2.75, 3.05) is 43.4 Å². The van der Waals surface area contributed by atoms with Gasteiger partial charge in [0.05, 0.1) is 5.69 Å². The van der Waals surface area contributed by atoms with Crippen LogP contribution in [-0.4, -0.2) is 66.0 Å². The average Bonchev–Trinajstić information content (AvgIpc) is 3.16. The third-order valence-electron chi connectivity index (χ3n) is 5.23. The Morgan fingerprint density at radius 1 is 1.20 bits per heavy atom. The fraction of sp³-hybridized carbons (Fsp3) is 0.611. The standard InChI is InChI=1S/C18H27N5O2/c1-14(24)21(2)15-7-12-23(13-8-15)18(25)20-16-6-5-9-19-17(16)22-10-3-4-11-22/h5-6,9,15H,3-4,7-8,10-13H2,1-2H3,(H,20,25). The summed E-state index contributed by atoms with van der Waals surface area (Å²) in [6, 6.07) is 3.90. The molecule has 0 aliphatic carbocycles. The van der Waals surface area contributed by atoms with Crippen LogP contribution < -0.4 is 10.2 Å². The third kappa shape index (κ3) is 4.03. The van der Waals surface area contributed by atoms with Crippen LogP contribution >= 0.6 is 0 Å². The van der Waals surface area contributed by atoms with E-state index in [0.717, 1.165) is 37.4 Å². The Morgan fingerprint density at radius 3 is 2.52 bits per heavy atom. The molecule has 0 bridgehead atoms. The number of hydrogen-bond acceptors (Lipinski definition) is 4. The lowest BCUT2D eigenvalue weighted by atomic mass is 10.0. The summed E-state index contributed by atoms with van der Waals surface area (Å²) in [4.78, 5) is 34.4. The maximum Gasteiger partial charge on any atom is 0.321 e. The van der Waals surface area contributed by atoms with Crippen LogP contribution in [0.15, 0.2) is 18.3 Å².